The molecule has 0 spiro atoms. The molecule has 3 atom stereocenters. The number of hydrogen-bond acceptors (Lipinski definition) is 4. The second kappa shape index (κ2) is 7.39. The molecule has 1 rings (SSSR count). The second-order valence-electron chi connectivity index (χ2n) is 3.88. The van der Waals surface area contributed by atoms with Crippen molar-refractivity contribution in [3.63, 3.8) is 0 Å². The molecule has 0 saturated carbocycles. The summed E-state index contributed by atoms with van der Waals surface area (Å²) in [6, 6.07) is 0.229. The van der Waals surface area contributed by atoms with E-state index < -0.39 is 0 Å². The molecule has 4 nitrogen and oxygen atoms in total. The largest absolute Gasteiger partial charge is 0.356 e. The molecular weight excluding hydrogens is 281 g/mol. The van der Waals surface area contributed by atoms with E-state index in [2.05, 4.69) is 18.0 Å². The minimum absolute atomic E-state index is 0. The molecule has 0 amide bonds. The number of ketones is 1. The van der Waals surface area contributed by atoms with Crippen LogP contribution in [0, 0.1) is 19.0 Å². The Labute approximate surface area is 122 Å². The maximum Gasteiger partial charge on any atom is 0.144 e. The molecule has 1 fully saturated rings. The van der Waals surface area contributed by atoms with E-state index in [1.165, 1.54) is 0 Å². The van der Waals surface area contributed by atoms with Gasteiger partial charge in [-0.3, -0.25) is 4.79 Å². The predicted octanol–water partition coefficient (Wildman–Crippen LogP) is 0.350. The predicted molar refractivity (Wildman–Crippen MR) is 57.5 cm³/mol. The Hall–Kier alpha value is 0.0539. The van der Waals surface area contributed by atoms with Crippen LogP contribution in [0.25, 0.3) is 0 Å². The van der Waals surface area contributed by atoms with Crippen LogP contribution in [0.3, 0.4) is 0 Å². The van der Waals surface area contributed by atoms with Crippen molar-refractivity contribution in [1.29, 1.82) is 0 Å². The third-order valence-electron chi connectivity index (χ3n) is 2.85. The molecule has 1 saturated heterocycles. The molecule has 16 heavy (non-hydrogen) atoms. The van der Waals surface area contributed by atoms with E-state index >= 15 is 0 Å². The first-order valence-corrected chi connectivity index (χ1v) is 5.00. The summed E-state index contributed by atoms with van der Waals surface area (Å²) < 4.78 is 0. The van der Waals surface area contributed by atoms with Crippen molar-refractivity contribution in [1.82, 2.24) is 10.4 Å². The number of likely N-dealkylation sites (N-methyl/N-ethyl adjacent to an activating group) is 1. The van der Waals surface area contributed by atoms with Crippen LogP contribution >= 0.6 is 0 Å². The third kappa shape index (κ3) is 3.82. The number of Topliss-reactive ketones (excluding diaryl/α,β-unsaturated/α-hetero) is 1. The monoisotopic (exact) mass is 298 g/mol. The Morgan fingerprint density at radius 2 is 2.38 bits per heavy atom. The van der Waals surface area contributed by atoms with Gasteiger partial charge in [0.1, 0.15) is 11.9 Å². The van der Waals surface area contributed by atoms with Crippen LogP contribution < -0.4 is 5.48 Å². The number of nitrogens with one attached hydrogen (secondary N) is 1. The van der Waals surface area contributed by atoms with Gasteiger partial charge in [0.05, 0.1) is 0 Å². The Morgan fingerprint density at radius 1 is 1.75 bits per heavy atom. The summed E-state index contributed by atoms with van der Waals surface area (Å²) in [7, 11) is 1.94. The van der Waals surface area contributed by atoms with Gasteiger partial charge >= 0.3 is 0 Å². The van der Waals surface area contributed by atoms with Crippen molar-refractivity contribution in [2.45, 2.75) is 38.4 Å². The Kier molecular flexibility index (Phi) is 7.42. The van der Waals surface area contributed by atoms with Crippen LogP contribution in [0.1, 0.15) is 20.3 Å². The summed E-state index contributed by atoms with van der Waals surface area (Å²) in [5.74, 6) is 0.196. The first-order valence-electron chi connectivity index (χ1n) is 5.00. The topological polar surface area (TPSA) is 41.6 Å². The van der Waals surface area contributed by atoms with Gasteiger partial charge in [0.15, 0.2) is 0 Å². The summed E-state index contributed by atoms with van der Waals surface area (Å²) >= 11 is 0. The molecule has 0 aromatic heterocycles. The van der Waals surface area contributed by atoms with Crippen molar-refractivity contribution >= 4 is 5.78 Å². The summed E-state index contributed by atoms with van der Waals surface area (Å²) in [6.07, 6.45) is 9.94. The van der Waals surface area contributed by atoms with E-state index in [0.29, 0.717) is 0 Å². The molecule has 0 aromatic carbocycles. The van der Waals surface area contributed by atoms with Gasteiger partial charge in [-0.25, -0.2) is 0 Å². The van der Waals surface area contributed by atoms with Crippen molar-refractivity contribution in [2.24, 2.45) is 0 Å². The number of carbonyl (C=O) groups excluding carboxylic acids is 1. The van der Waals surface area contributed by atoms with Gasteiger partial charge in [0, 0.05) is 44.8 Å². The molecule has 0 aromatic rings. The zero-order valence-corrected chi connectivity index (χ0v) is 12.8. The van der Waals surface area contributed by atoms with Crippen molar-refractivity contribution < 1.29 is 42.3 Å². The summed E-state index contributed by atoms with van der Waals surface area (Å²) in [4.78, 5) is 18.0. The van der Waals surface area contributed by atoms with Crippen LogP contribution in [-0.4, -0.2) is 35.9 Å². The van der Waals surface area contributed by atoms with E-state index in [1.807, 2.05) is 18.9 Å². The van der Waals surface area contributed by atoms with Gasteiger partial charge in [-0.15, -0.1) is 5.48 Å². The minimum Gasteiger partial charge on any atom is -0.356 e. The quantitative estimate of drug-likeness (QED) is 0.462. The van der Waals surface area contributed by atoms with Crippen molar-refractivity contribution in [2.75, 3.05) is 7.05 Å². The van der Waals surface area contributed by atoms with Gasteiger partial charge in [-0.2, -0.15) is 6.42 Å². The smallest absolute Gasteiger partial charge is 0.144 e. The van der Waals surface area contributed by atoms with Crippen molar-refractivity contribution in [3.05, 3.63) is 6.42 Å². The van der Waals surface area contributed by atoms with E-state index in [-0.39, 0.29) is 56.6 Å². The molecule has 5 heteroatoms. The van der Waals surface area contributed by atoms with Gasteiger partial charge < -0.3 is 16.2 Å². The molecule has 1 aliphatic heterocycles. The number of rotatable bonds is 4. The van der Waals surface area contributed by atoms with E-state index in [0.717, 1.165) is 6.42 Å². The first-order chi connectivity index (χ1) is 7.07. The van der Waals surface area contributed by atoms with Gasteiger partial charge in [-0.1, -0.05) is 12.5 Å². The summed E-state index contributed by atoms with van der Waals surface area (Å²) in [5, 5.41) is 0. The summed E-state index contributed by atoms with van der Waals surface area (Å²) in [6.45, 7) is 3.59. The van der Waals surface area contributed by atoms with E-state index in [9.17, 15) is 4.79 Å². The Morgan fingerprint density at radius 3 is 2.81 bits per heavy atom. The second-order valence-corrected chi connectivity index (χ2v) is 3.88. The van der Waals surface area contributed by atoms with Gasteiger partial charge in [0.2, 0.25) is 0 Å². The van der Waals surface area contributed by atoms with Crippen LogP contribution in [0.4, 0.5) is 0 Å². The average molecular weight is 298 g/mol. The SMILES string of the molecule is C#CONC(C)[C@H]1[CH-]C[C@H](C(C)=O)N1C.[Y]. The maximum atomic E-state index is 11.3. The average Bonchev–Trinajstić information content (AvgIpc) is 2.56. The van der Waals surface area contributed by atoms with Crippen LogP contribution in [0.2, 0.25) is 0 Å². The number of terminal acetylenes is 1. The molecule has 0 bridgehead atoms. The minimum atomic E-state index is -0.00918. The number of hydroxylamine groups is 1. The number of hydrogen-bond donors (Lipinski definition) is 1. The molecular formula is C11H17N2O2Y-. The molecule has 1 N–H and O–H groups in total. The molecule has 1 unspecified atom stereocenters. The zero-order chi connectivity index (χ0) is 11.4. The van der Waals surface area contributed by atoms with Gasteiger partial charge in [-0.05, 0) is 20.9 Å². The molecule has 0 aliphatic carbocycles. The van der Waals surface area contributed by atoms with Gasteiger partial charge in [0.25, 0.3) is 0 Å². The maximum absolute atomic E-state index is 11.3. The standard InChI is InChI=1S/C11H17N2O2.Y/c1-5-15-12-8(2)10-6-7-11(9(3)14)13(10)4;/h1,6,8,10-12H,7H2,2-4H3;/q-1;/t8?,10-,11-;/m1./s1. The fourth-order valence-electron chi connectivity index (χ4n) is 2.01. The van der Waals surface area contributed by atoms with Crippen LogP contribution in [0.5, 0.6) is 0 Å². The molecule has 1 aliphatic rings. The van der Waals surface area contributed by atoms with Crippen LogP contribution in [-0.2, 0) is 42.3 Å². The number of carbonyl (C=O) groups is 1. The Bertz CT molecular complexity index is 278. The first kappa shape index (κ1) is 16.1. The molecule has 1 heterocycles. The fraction of sp³-hybridized carbons (Fsp3) is 0.636. The van der Waals surface area contributed by atoms with Crippen LogP contribution in [0.15, 0.2) is 0 Å². The van der Waals surface area contributed by atoms with E-state index in [1.54, 1.807) is 6.92 Å². The van der Waals surface area contributed by atoms with E-state index in [4.69, 9.17) is 11.3 Å². The number of likely N-dealkylation sites (tertiary alicyclic amines) is 1. The molecule has 1 radical (unpaired) electrons. The molecule has 87 valence electrons. The van der Waals surface area contributed by atoms with Crippen molar-refractivity contribution in [3.8, 4) is 12.5 Å². The zero-order valence-electron chi connectivity index (χ0n) is 9.93. The fourth-order valence-corrected chi connectivity index (χ4v) is 2.01. The summed E-state index contributed by atoms with van der Waals surface area (Å²) in [5.41, 5.74) is 2.74. The third-order valence-corrected chi connectivity index (χ3v) is 2.85. The Balaban J connectivity index is 0.00000225. The normalized spacial score (nSPS) is 26.6. The number of nitrogens with zero attached hydrogens (tertiary/aromatic N) is 1.